The number of halogens is 5. The third kappa shape index (κ3) is 1.84. The van der Waals surface area contributed by atoms with Gasteiger partial charge in [-0.3, -0.25) is 0 Å². The molecule has 0 amide bonds. The molecule has 0 unspecified atom stereocenters. The van der Waals surface area contributed by atoms with Crippen molar-refractivity contribution in [1.29, 1.82) is 0 Å². The molecule has 0 saturated heterocycles. The van der Waals surface area contributed by atoms with E-state index in [2.05, 4.69) is 11.6 Å². The van der Waals surface area contributed by atoms with Crippen LogP contribution in [0.25, 0.3) is 0 Å². The molecule has 0 bridgehead atoms. The van der Waals surface area contributed by atoms with E-state index in [9.17, 15) is 13.2 Å². The van der Waals surface area contributed by atoms with E-state index in [1.165, 1.54) is 0 Å². The SMILES string of the molecule is Fc1cccc(C(F)(F)Cl)c1Cl. The highest BCUT2D eigenvalue weighted by Crippen LogP contribution is 2.37. The lowest BCUT2D eigenvalue weighted by atomic mass is 10.2. The van der Waals surface area contributed by atoms with Gasteiger partial charge in [0, 0.05) is 0 Å². The Morgan fingerprint density at radius 3 is 2.25 bits per heavy atom. The van der Waals surface area contributed by atoms with Crippen molar-refractivity contribution in [3.8, 4) is 0 Å². The molecule has 66 valence electrons. The zero-order valence-electron chi connectivity index (χ0n) is 5.62. The van der Waals surface area contributed by atoms with Crippen molar-refractivity contribution in [1.82, 2.24) is 0 Å². The van der Waals surface area contributed by atoms with Crippen LogP contribution >= 0.6 is 23.2 Å². The number of rotatable bonds is 1. The van der Waals surface area contributed by atoms with Crippen LogP contribution in [0.4, 0.5) is 13.2 Å². The van der Waals surface area contributed by atoms with Crippen LogP contribution in [-0.4, -0.2) is 0 Å². The minimum atomic E-state index is -3.63. The van der Waals surface area contributed by atoms with Gasteiger partial charge in [-0.25, -0.2) is 4.39 Å². The summed E-state index contributed by atoms with van der Waals surface area (Å²) in [4.78, 5) is 0. The molecule has 0 aliphatic heterocycles. The van der Waals surface area contributed by atoms with Gasteiger partial charge in [-0.15, -0.1) is 0 Å². The number of hydrogen-bond acceptors (Lipinski definition) is 0. The van der Waals surface area contributed by atoms with Gasteiger partial charge in [-0.1, -0.05) is 17.7 Å². The molecule has 0 radical (unpaired) electrons. The molecule has 0 fully saturated rings. The molecule has 1 rings (SSSR count). The Morgan fingerprint density at radius 2 is 1.83 bits per heavy atom. The maximum absolute atomic E-state index is 12.6. The molecule has 0 heterocycles. The summed E-state index contributed by atoms with van der Waals surface area (Å²) in [6.45, 7) is 0. The molecule has 1 aromatic rings. The van der Waals surface area contributed by atoms with Crippen molar-refractivity contribution in [2.75, 3.05) is 0 Å². The van der Waals surface area contributed by atoms with Crippen LogP contribution in [0.5, 0.6) is 0 Å². The molecule has 0 N–H and O–H groups in total. The lowest BCUT2D eigenvalue weighted by Gasteiger charge is -2.09. The van der Waals surface area contributed by atoms with Crippen LogP contribution in [0, 0.1) is 5.82 Å². The molecule has 0 aliphatic carbocycles. The van der Waals surface area contributed by atoms with E-state index < -0.39 is 21.8 Å². The van der Waals surface area contributed by atoms with Gasteiger partial charge in [0.05, 0.1) is 10.6 Å². The smallest absolute Gasteiger partial charge is 0.205 e. The Balaban J connectivity index is 3.26. The molecule has 0 saturated carbocycles. The summed E-state index contributed by atoms with van der Waals surface area (Å²) in [5.41, 5.74) is -0.717. The van der Waals surface area contributed by atoms with Gasteiger partial charge in [-0.05, 0) is 23.7 Å². The summed E-state index contributed by atoms with van der Waals surface area (Å²) in [6, 6.07) is 3.07. The second kappa shape index (κ2) is 3.15. The fourth-order valence-corrected chi connectivity index (χ4v) is 1.17. The summed E-state index contributed by atoms with van der Waals surface area (Å²) in [7, 11) is 0. The van der Waals surface area contributed by atoms with Crippen LogP contribution in [0.15, 0.2) is 18.2 Å². The Hall–Kier alpha value is -0.410. The minimum absolute atomic E-state index is 0.641. The summed E-state index contributed by atoms with van der Waals surface area (Å²) in [5.74, 6) is -0.908. The zero-order chi connectivity index (χ0) is 9.35. The highest BCUT2D eigenvalue weighted by atomic mass is 35.5. The van der Waals surface area contributed by atoms with E-state index in [-0.39, 0.29) is 0 Å². The molecular formula is C7H3Cl2F3. The summed E-state index contributed by atoms with van der Waals surface area (Å²) >= 11 is 9.89. The monoisotopic (exact) mass is 214 g/mol. The first kappa shape index (κ1) is 9.68. The molecule has 0 aromatic heterocycles. The third-order valence-electron chi connectivity index (χ3n) is 1.26. The van der Waals surface area contributed by atoms with Gasteiger partial charge in [0.2, 0.25) is 0 Å². The van der Waals surface area contributed by atoms with Crippen molar-refractivity contribution < 1.29 is 13.2 Å². The van der Waals surface area contributed by atoms with E-state index in [0.717, 1.165) is 18.2 Å². The maximum atomic E-state index is 12.6. The van der Waals surface area contributed by atoms with Gasteiger partial charge < -0.3 is 0 Å². The zero-order valence-corrected chi connectivity index (χ0v) is 7.13. The predicted molar refractivity (Wildman–Crippen MR) is 41.2 cm³/mol. The van der Waals surface area contributed by atoms with Crippen LogP contribution in [-0.2, 0) is 5.38 Å². The van der Waals surface area contributed by atoms with Gasteiger partial charge in [-0.2, -0.15) is 8.78 Å². The summed E-state index contributed by atoms with van der Waals surface area (Å²) in [6.07, 6.45) is 0. The van der Waals surface area contributed by atoms with Gasteiger partial charge >= 0.3 is 5.38 Å². The fraction of sp³-hybridized carbons (Fsp3) is 0.143. The average molecular weight is 215 g/mol. The van der Waals surface area contributed by atoms with Crippen molar-refractivity contribution in [2.24, 2.45) is 0 Å². The van der Waals surface area contributed by atoms with Crippen LogP contribution in [0.1, 0.15) is 5.56 Å². The molecule has 1 aromatic carbocycles. The maximum Gasteiger partial charge on any atom is 0.349 e. The molecule has 12 heavy (non-hydrogen) atoms. The summed E-state index contributed by atoms with van der Waals surface area (Å²) in [5, 5.41) is -4.27. The Kier molecular flexibility index (Phi) is 2.54. The third-order valence-corrected chi connectivity index (χ3v) is 1.84. The first-order valence-electron chi connectivity index (χ1n) is 2.94. The number of benzene rings is 1. The lowest BCUT2D eigenvalue weighted by molar-refractivity contribution is 0.0948. The molecule has 0 aliphatic rings. The minimum Gasteiger partial charge on any atom is -0.205 e. The number of alkyl halides is 3. The van der Waals surface area contributed by atoms with Crippen LogP contribution < -0.4 is 0 Å². The average Bonchev–Trinajstić information content (AvgIpc) is 1.92. The lowest BCUT2D eigenvalue weighted by Crippen LogP contribution is -2.04. The van der Waals surface area contributed by atoms with Crippen molar-refractivity contribution in [3.63, 3.8) is 0 Å². The fourth-order valence-electron chi connectivity index (χ4n) is 0.723. The van der Waals surface area contributed by atoms with Crippen LogP contribution in [0.2, 0.25) is 5.02 Å². The standard InChI is InChI=1S/C7H3Cl2F3/c8-6-4(7(9,11)12)2-1-3-5(6)10/h1-3H. The first-order chi connectivity index (χ1) is 5.43. The quantitative estimate of drug-likeness (QED) is 0.625. The number of hydrogen-bond donors (Lipinski definition) is 0. The van der Waals surface area contributed by atoms with Gasteiger partial charge in [0.15, 0.2) is 0 Å². The van der Waals surface area contributed by atoms with E-state index in [1.54, 1.807) is 0 Å². The topological polar surface area (TPSA) is 0 Å². The largest absolute Gasteiger partial charge is 0.349 e. The first-order valence-corrected chi connectivity index (χ1v) is 3.69. The Morgan fingerprint density at radius 1 is 1.25 bits per heavy atom. The van der Waals surface area contributed by atoms with Gasteiger partial charge in [0.25, 0.3) is 0 Å². The van der Waals surface area contributed by atoms with E-state index >= 15 is 0 Å². The highest BCUT2D eigenvalue weighted by Gasteiger charge is 2.31. The van der Waals surface area contributed by atoms with E-state index in [4.69, 9.17) is 11.6 Å². The van der Waals surface area contributed by atoms with Crippen molar-refractivity contribution >= 4 is 23.2 Å². The van der Waals surface area contributed by atoms with Crippen LogP contribution in [0.3, 0.4) is 0 Å². The molecule has 0 atom stereocenters. The van der Waals surface area contributed by atoms with E-state index in [0.29, 0.717) is 0 Å². The molecule has 0 spiro atoms. The predicted octanol–water partition coefficient (Wildman–Crippen LogP) is 3.77. The normalized spacial score (nSPS) is 11.8. The molecule has 5 heteroatoms. The second-order valence-electron chi connectivity index (χ2n) is 2.10. The Labute approximate surface area is 76.9 Å². The Bertz CT molecular complexity index is 293. The summed E-state index contributed by atoms with van der Waals surface area (Å²) < 4.78 is 37.4. The van der Waals surface area contributed by atoms with Crippen molar-refractivity contribution in [3.05, 3.63) is 34.6 Å². The molecular weight excluding hydrogens is 212 g/mol. The highest BCUT2D eigenvalue weighted by molar-refractivity contribution is 6.33. The second-order valence-corrected chi connectivity index (χ2v) is 2.95. The van der Waals surface area contributed by atoms with Gasteiger partial charge in [0.1, 0.15) is 5.82 Å². The van der Waals surface area contributed by atoms with Crippen molar-refractivity contribution in [2.45, 2.75) is 5.38 Å². The van der Waals surface area contributed by atoms with E-state index in [1.807, 2.05) is 0 Å². The molecule has 0 nitrogen and oxygen atoms in total.